The van der Waals surface area contributed by atoms with E-state index >= 15 is 0 Å². The Bertz CT molecular complexity index is 728. The van der Waals surface area contributed by atoms with Crippen LogP contribution < -0.4 is 0 Å². The van der Waals surface area contributed by atoms with Gasteiger partial charge in [-0.1, -0.05) is 43.0 Å². The van der Waals surface area contributed by atoms with Crippen LogP contribution in [0.25, 0.3) is 0 Å². The second-order valence-electron chi connectivity index (χ2n) is 8.36. The van der Waals surface area contributed by atoms with Crippen LogP contribution in [-0.4, -0.2) is 22.2 Å². The Kier molecular flexibility index (Phi) is 5.79. The number of rotatable bonds is 6. The van der Waals surface area contributed by atoms with E-state index in [9.17, 15) is 0 Å². The van der Waals surface area contributed by atoms with Gasteiger partial charge in [0, 0.05) is 30.1 Å². The van der Waals surface area contributed by atoms with Crippen molar-refractivity contribution in [2.45, 2.75) is 75.2 Å². The minimum Gasteiger partial charge on any atom is -0.375 e. The third-order valence-corrected chi connectivity index (χ3v) is 6.76. The van der Waals surface area contributed by atoms with Gasteiger partial charge in [0.1, 0.15) is 5.15 Å². The predicted molar refractivity (Wildman–Crippen MR) is 109 cm³/mol. The van der Waals surface area contributed by atoms with E-state index in [1.54, 1.807) is 0 Å². The highest BCUT2D eigenvalue weighted by molar-refractivity contribution is 6.29. The van der Waals surface area contributed by atoms with Gasteiger partial charge in [-0.05, 0) is 68.7 Å². The molecule has 144 valence electrons. The highest BCUT2D eigenvalue weighted by Crippen LogP contribution is 2.50. The van der Waals surface area contributed by atoms with Crippen LogP contribution in [0.15, 0.2) is 42.7 Å². The van der Waals surface area contributed by atoms with E-state index in [4.69, 9.17) is 21.3 Å². The van der Waals surface area contributed by atoms with Gasteiger partial charge in [-0.2, -0.15) is 0 Å². The van der Waals surface area contributed by atoms with Crippen molar-refractivity contribution < 1.29 is 4.74 Å². The molecule has 1 saturated carbocycles. The topological polar surface area (TPSA) is 35.0 Å². The second-order valence-corrected chi connectivity index (χ2v) is 8.74. The van der Waals surface area contributed by atoms with Crippen LogP contribution in [-0.2, 0) is 16.6 Å². The minimum atomic E-state index is 0.107. The molecule has 2 fully saturated rings. The first kappa shape index (κ1) is 18.9. The summed E-state index contributed by atoms with van der Waals surface area (Å²) >= 11 is 5.89. The average Bonchev–Trinajstić information content (AvgIpc) is 3.15. The number of halogens is 1. The predicted octanol–water partition coefficient (Wildman–Crippen LogP) is 5.90. The lowest BCUT2D eigenvalue weighted by molar-refractivity contribution is -0.104. The molecule has 0 bridgehead atoms. The van der Waals surface area contributed by atoms with E-state index < -0.39 is 0 Å². The summed E-state index contributed by atoms with van der Waals surface area (Å²) in [6.45, 7) is 0.873. The van der Waals surface area contributed by atoms with E-state index in [0.717, 1.165) is 25.9 Å². The maximum atomic E-state index is 6.34. The normalized spacial score (nSPS) is 24.3. The molecule has 4 heteroatoms. The Morgan fingerprint density at radius 1 is 1.00 bits per heavy atom. The third kappa shape index (κ3) is 4.35. The Morgan fingerprint density at radius 2 is 1.89 bits per heavy atom. The Morgan fingerprint density at radius 3 is 2.63 bits per heavy atom. The maximum absolute atomic E-state index is 6.34. The van der Waals surface area contributed by atoms with Crippen molar-refractivity contribution in [1.82, 2.24) is 9.97 Å². The fourth-order valence-electron chi connectivity index (χ4n) is 5.14. The van der Waals surface area contributed by atoms with Crippen LogP contribution in [0, 0.1) is 0 Å². The molecule has 4 rings (SSSR count). The van der Waals surface area contributed by atoms with Gasteiger partial charge in [-0.3, -0.25) is 4.98 Å². The molecule has 2 aliphatic rings. The molecule has 3 heterocycles. The van der Waals surface area contributed by atoms with Gasteiger partial charge >= 0.3 is 0 Å². The molecule has 1 atom stereocenters. The number of ether oxygens (including phenoxy) is 1. The summed E-state index contributed by atoms with van der Waals surface area (Å²) in [6, 6.07) is 10.4. The molecule has 1 aliphatic heterocycles. The quantitative estimate of drug-likeness (QED) is 0.459. The molecule has 3 nitrogen and oxygen atoms in total. The SMILES string of the molecule is Clc1ccc(CCCC[C@@]2(c3ccccn3)CCOC3(CCCC3)C2)cn1. The van der Waals surface area contributed by atoms with Crippen molar-refractivity contribution in [1.29, 1.82) is 0 Å². The van der Waals surface area contributed by atoms with E-state index in [1.807, 2.05) is 24.5 Å². The standard InChI is InChI=1S/C23H29ClN2O/c24-21-10-9-19(17-26-21)7-1-3-11-22(20-8-2-6-15-25-20)14-16-27-23(18-22)12-4-5-13-23/h2,6,8-10,15,17H,1,3-5,7,11-14,16,18H2/t22-/m1/s1. The van der Waals surface area contributed by atoms with Gasteiger partial charge in [0.05, 0.1) is 5.60 Å². The molecular formula is C23H29ClN2O. The van der Waals surface area contributed by atoms with E-state index in [1.165, 1.54) is 56.2 Å². The van der Waals surface area contributed by atoms with Gasteiger partial charge < -0.3 is 4.74 Å². The number of aromatic nitrogens is 2. The van der Waals surface area contributed by atoms with Crippen LogP contribution >= 0.6 is 11.6 Å². The van der Waals surface area contributed by atoms with Crippen molar-refractivity contribution in [3.63, 3.8) is 0 Å². The molecule has 27 heavy (non-hydrogen) atoms. The zero-order valence-electron chi connectivity index (χ0n) is 16.0. The van der Waals surface area contributed by atoms with E-state index in [2.05, 4.69) is 23.2 Å². The monoisotopic (exact) mass is 384 g/mol. The fourth-order valence-corrected chi connectivity index (χ4v) is 5.25. The summed E-state index contributed by atoms with van der Waals surface area (Å²) < 4.78 is 6.34. The second kappa shape index (κ2) is 8.28. The van der Waals surface area contributed by atoms with Gasteiger partial charge in [0.25, 0.3) is 0 Å². The lowest BCUT2D eigenvalue weighted by Gasteiger charge is -2.46. The molecular weight excluding hydrogens is 356 g/mol. The fraction of sp³-hybridized carbons (Fsp3) is 0.565. The van der Waals surface area contributed by atoms with Gasteiger partial charge in [0.15, 0.2) is 0 Å². The summed E-state index contributed by atoms with van der Waals surface area (Å²) in [5.41, 5.74) is 2.82. The average molecular weight is 385 g/mol. The summed E-state index contributed by atoms with van der Waals surface area (Å²) in [7, 11) is 0. The Hall–Kier alpha value is -1.45. The molecule has 0 aromatic carbocycles. The number of hydrogen-bond donors (Lipinski definition) is 0. The van der Waals surface area contributed by atoms with Crippen molar-refractivity contribution in [3.8, 4) is 0 Å². The van der Waals surface area contributed by atoms with Crippen molar-refractivity contribution in [2.24, 2.45) is 0 Å². The summed E-state index contributed by atoms with van der Waals surface area (Å²) in [4.78, 5) is 8.99. The number of hydrogen-bond acceptors (Lipinski definition) is 3. The number of aryl methyl sites for hydroxylation is 1. The highest BCUT2D eigenvalue weighted by atomic mass is 35.5. The molecule has 1 saturated heterocycles. The lowest BCUT2D eigenvalue weighted by Crippen LogP contribution is -2.46. The summed E-state index contributed by atoms with van der Waals surface area (Å²) in [5, 5.41) is 0.567. The summed E-state index contributed by atoms with van der Waals surface area (Å²) in [5.74, 6) is 0. The zero-order chi connectivity index (χ0) is 18.6. The van der Waals surface area contributed by atoms with E-state index in [0.29, 0.717) is 5.15 Å². The smallest absolute Gasteiger partial charge is 0.129 e. The van der Waals surface area contributed by atoms with Crippen molar-refractivity contribution in [3.05, 3.63) is 59.1 Å². The molecule has 1 aliphatic carbocycles. The number of nitrogens with zero attached hydrogens (tertiary/aromatic N) is 2. The molecule has 0 N–H and O–H groups in total. The highest BCUT2D eigenvalue weighted by Gasteiger charge is 2.48. The van der Waals surface area contributed by atoms with Crippen molar-refractivity contribution >= 4 is 11.6 Å². The largest absolute Gasteiger partial charge is 0.375 e. The lowest BCUT2D eigenvalue weighted by atomic mass is 9.67. The molecule has 2 aromatic heterocycles. The van der Waals surface area contributed by atoms with Gasteiger partial charge in [0.2, 0.25) is 0 Å². The maximum Gasteiger partial charge on any atom is 0.129 e. The van der Waals surface area contributed by atoms with Crippen molar-refractivity contribution in [2.75, 3.05) is 6.61 Å². The molecule has 0 radical (unpaired) electrons. The van der Waals surface area contributed by atoms with Crippen LogP contribution in [0.3, 0.4) is 0 Å². The summed E-state index contributed by atoms with van der Waals surface area (Å²) in [6.07, 6.45) is 15.8. The van der Waals surface area contributed by atoms with Crippen LogP contribution in [0.1, 0.15) is 69.0 Å². The van der Waals surface area contributed by atoms with Gasteiger partial charge in [-0.25, -0.2) is 4.98 Å². The van der Waals surface area contributed by atoms with Crippen LogP contribution in [0.5, 0.6) is 0 Å². The molecule has 1 spiro atoms. The first-order valence-electron chi connectivity index (χ1n) is 10.4. The number of unbranched alkanes of at least 4 members (excludes halogenated alkanes) is 1. The number of pyridine rings is 2. The van der Waals surface area contributed by atoms with Crippen LogP contribution in [0.2, 0.25) is 5.15 Å². The third-order valence-electron chi connectivity index (χ3n) is 6.53. The van der Waals surface area contributed by atoms with Gasteiger partial charge in [-0.15, -0.1) is 0 Å². The minimum absolute atomic E-state index is 0.107. The molecule has 0 unspecified atom stereocenters. The molecule has 2 aromatic rings. The zero-order valence-corrected chi connectivity index (χ0v) is 16.8. The molecule has 0 amide bonds. The Labute approximate surface area is 167 Å². The van der Waals surface area contributed by atoms with Crippen LogP contribution in [0.4, 0.5) is 0 Å². The van der Waals surface area contributed by atoms with E-state index in [-0.39, 0.29) is 11.0 Å². The first-order valence-corrected chi connectivity index (χ1v) is 10.7. The Balaban J connectivity index is 1.45. The first-order chi connectivity index (χ1) is 13.2.